The smallest absolute Gasteiger partial charge is 0.251 e. The first-order valence-electron chi connectivity index (χ1n) is 10.4. The van der Waals surface area contributed by atoms with Gasteiger partial charge < -0.3 is 15.5 Å². The lowest BCUT2D eigenvalue weighted by Crippen LogP contribution is -2.43. The second kappa shape index (κ2) is 9.22. The average molecular weight is 386 g/mol. The maximum absolute atomic E-state index is 12.5. The molecule has 2 N–H and O–H groups in total. The van der Waals surface area contributed by atoms with Gasteiger partial charge in [0.05, 0.1) is 0 Å². The summed E-state index contributed by atoms with van der Waals surface area (Å²) in [5.74, 6) is 0.421. The zero-order valence-corrected chi connectivity index (χ0v) is 16.9. The molecule has 1 aromatic carbocycles. The second-order valence-electron chi connectivity index (χ2n) is 8.07. The summed E-state index contributed by atoms with van der Waals surface area (Å²) in [6.07, 6.45) is 4.37. The number of rotatable bonds is 7. The Morgan fingerprint density at radius 1 is 1.11 bits per heavy atom. The molecule has 3 rings (SSSR count). The summed E-state index contributed by atoms with van der Waals surface area (Å²) in [5.41, 5.74) is 1.52. The molecule has 0 bridgehead atoms. The molecule has 1 atom stereocenters. The van der Waals surface area contributed by atoms with Gasteiger partial charge in [0.15, 0.2) is 0 Å². The van der Waals surface area contributed by atoms with Crippen LogP contribution in [0.5, 0.6) is 0 Å². The third kappa shape index (κ3) is 5.33. The van der Waals surface area contributed by atoms with Gasteiger partial charge in [-0.1, -0.05) is 19.1 Å². The lowest BCUT2D eigenvalue weighted by molar-refractivity contribution is -0.136. The van der Waals surface area contributed by atoms with Gasteiger partial charge in [-0.05, 0) is 56.7 Å². The Bertz CT molecular complexity index is 721. The average Bonchev–Trinajstić information content (AvgIpc) is 3.57. The van der Waals surface area contributed by atoms with Crippen molar-refractivity contribution in [3.8, 4) is 0 Å². The number of amides is 3. The third-order valence-corrected chi connectivity index (χ3v) is 5.75. The molecular formula is C22H31N3O3. The monoisotopic (exact) mass is 385 g/mol. The summed E-state index contributed by atoms with van der Waals surface area (Å²) in [6.45, 7) is 5.77. The highest BCUT2D eigenvalue weighted by Crippen LogP contribution is 2.32. The Kier molecular flexibility index (Phi) is 6.70. The summed E-state index contributed by atoms with van der Waals surface area (Å²) < 4.78 is 0. The molecule has 6 nitrogen and oxygen atoms in total. The van der Waals surface area contributed by atoms with Gasteiger partial charge in [-0.2, -0.15) is 0 Å². The molecule has 1 saturated heterocycles. The molecule has 152 valence electrons. The fourth-order valence-corrected chi connectivity index (χ4v) is 3.52. The van der Waals surface area contributed by atoms with Crippen molar-refractivity contribution in [3.63, 3.8) is 0 Å². The van der Waals surface area contributed by atoms with E-state index < -0.39 is 0 Å². The van der Waals surface area contributed by atoms with Gasteiger partial charge in [-0.25, -0.2) is 0 Å². The number of nitrogens with one attached hydrogen (secondary N) is 2. The third-order valence-electron chi connectivity index (χ3n) is 5.75. The lowest BCUT2D eigenvalue weighted by atomic mass is 9.95. The second-order valence-corrected chi connectivity index (χ2v) is 8.07. The maximum Gasteiger partial charge on any atom is 0.251 e. The minimum atomic E-state index is -0.0878. The number of hydrogen-bond acceptors (Lipinski definition) is 3. The van der Waals surface area contributed by atoms with Crippen molar-refractivity contribution in [3.05, 3.63) is 35.4 Å². The van der Waals surface area contributed by atoms with Crippen molar-refractivity contribution in [1.82, 2.24) is 15.5 Å². The van der Waals surface area contributed by atoms with Crippen LogP contribution in [0.15, 0.2) is 24.3 Å². The number of carbonyl (C=O) groups excluding carboxylic acids is 3. The van der Waals surface area contributed by atoms with Crippen molar-refractivity contribution in [2.75, 3.05) is 13.1 Å². The summed E-state index contributed by atoms with van der Waals surface area (Å²) >= 11 is 0. The first-order valence-corrected chi connectivity index (χ1v) is 10.4. The first kappa shape index (κ1) is 20.4. The Morgan fingerprint density at radius 3 is 2.46 bits per heavy atom. The molecule has 2 fully saturated rings. The molecular weight excluding hydrogens is 354 g/mol. The van der Waals surface area contributed by atoms with Crippen LogP contribution < -0.4 is 10.6 Å². The molecule has 0 unspecified atom stereocenters. The largest absolute Gasteiger partial charge is 0.352 e. The van der Waals surface area contributed by atoms with Crippen LogP contribution >= 0.6 is 0 Å². The van der Waals surface area contributed by atoms with E-state index in [0.29, 0.717) is 25.2 Å². The Balaban J connectivity index is 1.46. The fourth-order valence-electron chi connectivity index (χ4n) is 3.52. The van der Waals surface area contributed by atoms with E-state index in [0.717, 1.165) is 37.7 Å². The molecule has 1 saturated carbocycles. The highest BCUT2D eigenvalue weighted by atomic mass is 16.2. The van der Waals surface area contributed by atoms with Gasteiger partial charge in [0.25, 0.3) is 5.91 Å². The number of hydrogen-bond donors (Lipinski definition) is 2. The quantitative estimate of drug-likeness (QED) is 0.757. The van der Waals surface area contributed by atoms with Crippen LogP contribution in [0, 0.1) is 11.8 Å². The maximum atomic E-state index is 12.5. The van der Waals surface area contributed by atoms with Crippen LogP contribution in [0.2, 0.25) is 0 Å². The van der Waals surface area contributed by atoms with Crippen molar-refractivity contribution < 1.29 is 14.4 Å². The van der Waals surface area contributed by atoms with Gasteiger partial charge in [-0.15, -0.1) is 0 Å². The molecule has 3 amide bonds. The van der Waals surface area contributed by atoms with Crippen molar-refractivity contribution in [2.45, 2.75) is 58.5 Å². The minimum Gasteiger partial charge on any atom is -0.352 e. The number of carbonyl (C=O) groups is 3. The van der Waals surface area contributed by atoms with E-state index >= 15 is 0 Å². The molecule has 0 aromatic heterocycles. The van der Waals surface area contributed by atoms with Gasteiger partial charge in [0.2, 0.25) is 11.8 Å². The van der Waals surface area contributed by atoms with E-state index in [1.54, 1.807) is 6.07 Å². The first-order chi connectivity index (χ1) is 13.5. The molecule has 1 aliphatic heterocycles. The standard InChI is InChI=1S/C22H31N3O3/c1-3-15(2)24-21(27)19-6-4-5-16(13-19)14-23-20(26)17-9-11-25(12-10-17)22(28)18-7-8-18/h4-6,13,15,17-18H,3,7-12,14H2,1-2H3,(H,23,26)(H,24,27)/t15-/m0/s1. The molecule has 28 heavy (non-hydrogen) atoms. The summed E-state index contributed by atoms with van der Waals surface area (Å²) in [7, 11) is 0. The Morgan fingerprint density at radius 2 is 1.82 bits per heavy atom. The topological polar surface area (TPSA) is 78.5 Å². The minimum absolute atomic E-state index is 0.0352. The van der Waals surface area contributed by atoms with E-state index in [4.69, 9.17) is 0 Å². The van der Waals surface area contributed by atoms with E-state index in [1.807, 2.05) is 36.9 Å². The number of nitrogens with zero attached hydrogens (tertiary/aromatic N) is 1. The van der Waals surface area contributed by atoms with Crippen LogP contribution in [0.3, 0.4) is 0 Å². The van der Waals surface area contributed by atoms with Crippen LogP contribution in [-0.4, -0.2) is 41.8 Å². The van der Waals surface area contributed by atoms with Gasteiger partial charge in [-0.3, -0.25) is 14.4 Å². The van der Waals surface area contributed by atoms with E-state index in [1.165, 1.54) is 0 Å². The summed E-state index contributed by atoms with van der Waals surface area (Å²) in [6, 6.07) is 7.50. The number of benzene rings is 1. The fraction of sp³-hybridized carbons (Fsp3) is 0.591. The van der Waals surface area contributed by atoms with Crippen molar-refractivity contribution >= 4 is 17.7 Å². The van der Waals surface area contributed by atoms with Crippen LogP contribution in [0.25, 0.3) is 0 Å². The van der Waals surface area contributed by atoms with Crippen molar-refractivity contribution in [2.24, 2.45) is 11.8 Å². The predicted octanol–water partition coefficient (Wildman–Crippen LogP) is 2.48. The molecule has 1 heterocycles. The molecule has 1 aromatic rings. The Hall–Kier alpha value is -2.37. The highest BCUT2D eigenvalue weighted by Gasteiger charge is 2.35. The van der Waals surface area contributed by atoms with E-state index in [2.05, 4.69) is 10.6 Å². The predicted molar refractivity (Wildman–Crippen MR) is 108 cm³/mol. The van der Waals surface area contributed by atoms with Crippen LogP contribution in [-0.2, 0) is 16.1 Å². The molecule has 2 aliphatic rings. The summed E-state index contributed by atoms with van der Waals surface area (Å²) in [5, 5.41) is 5.95. The van der Waals surface area contributed by atoms with E-state index in [-0.39, 0.29) is 35.6 Å². The highest BCUT2D eigenvalue weighted by molar-refractivity contribution is 5.94. The number of piperidine rings is 1. The molecule has 0 radical (unpaired) electrons. The lowest BCUT2D eigenvalue weighted by Gasteiger charge is -2.31. The molecule has 0 spiro atoms. The molecule has 1 aliphatic carbocycles. The van der Waals surface area contributed by atoms with E-state index in [9.17, 15) is 14.4 Å². The zero-order valence-electron chi connectivity index (χ0n) is 16.9. The Labute approximate surface area is 167 Å². The van der Waals surface area contributed by atoms with Gasteiger partial charge >= 0.3 is 0 Å². The van der Waals surface area contributed by atoms with Crippen LogP contribution in [0.4, 0.5) is 0 Å². The SMILES string of the molecule is CC[C@H](C)NC(=O)c1cccc(CNC(=O)C2CCN(C(=O)C3CC3)CC2)c1. The zero-order chi connectivity index (χ0) is 20.1. The number of likely N-dealkylation sites (tertiary alicyclic amines) is 1. The summed E-state index contributed by atoms with van der Waals surface area (Å²) in [4.78, 5) is 38.8. The van der Waals surface area contributed by atoms with Crippen LogP contribution in [0.1, 0.15) is 61.9 Å². The van der Waals surface area contributed by atoms with Gasteiger partial charge in [0, 0.05) is 43.1 Å². The van der Waals surface area contributed by atoms with Gasteiger partial charge in [0.1, 0.15) is 0 Å². The normalized spacial score (nSPS) is 18.4. The molecule has 6 heteroatoms. The van der Waals surface area contributed by atoms with Crippen molar-refractivity contribution in [1.29, 1.82) is 0 Å².